The van der Waals surface area contributed by atoms with Gasteiger partial charge >= 0.3 is 39.5 Å². The predicted molar refractivity (Wildman–Crippen MR) is 451 cm³/mol. The molecule has 5 atom stereocenters. The van der Waals surface area contributed by atoms with Gasteiger partial charge in [-0.3, -0.25) is 37.3 Å². The highest BCUT2D eigenvalue weighted by atomic mass is 31.2. The smallest absolute Gasteiger partial charge is 0.462 e. The maximum atomic E-state index is 13.2. The number of phosphoric ester groups is 2. The molecule has 19 heteroatoms. The lowest BCUT2D eigenvalue weighted by atomic mass is 10.0. The number of carbonyl (C=O) groups is 4. The lowest BCUT2D eigenvalue weighted by Gasteiger charge is -2.21. The van der Waals surface area contributed by atoms with E-state index in [0.29, 0.717) is 25.7 Å². The number of aliphatic hydroxyl groups excluding tert-OH is 1. The second-order valence-corrected chi connectivity index (χ2v) is 35.7. The maximum Gasteiger partial charge on any atom is 0.472 e. The Bertz CT molecular complexity index is 2070. The molecule has 0 aromatic rings. The summed E-state index contributed by atoms with van der Waals surface area (Å²) >= 11 is 0. The van der Waals surface area contributed by atoms with Gasteiger partial charge in [-0.15, -0.1) is 0 Å². The largest absolute Gasteiger partial charge is 0.472 e. The van der Waals surface area contributed by atoms with Crippen LogP contribution in [0.4, 0.5) is 0 Å². The Morgan fingerprint density at radius 1 is 0.248 bits per heavy atom. The van der Waals surface area contributed by atoms with Crippen LogP contribution in [0.2, 0.25) is 0 Å². The van der Waals surface area contributed by atoms with Crippen molar-refractivity contribution in [1.29, 1.82) is 0 Å². The van der Waals surface area contributed by atoms with Gasteiger partial charge < -0.3 is 33.8 Å². The third-order valence-electron chi connectivity index (χ3n) is 21.3. The number of hydrogen-bond donors (Lipinski definition) is 3. The van der Waals surface area contributed by atoms with Gasteiger partial charge in [0, 0.05) is 25.7 Å². The normalized spacial score (nSPS) is 13.7. The number of phosphoric acid groups is 2. The molecule has 0 bridgehead atoms. The molecule has 0 heterocycles. The van der Waals surface area contributed by atoms with Crippen LogP contribution in [-0.4, -0.2) is 96.7 Å². The first-order valence-electron chi connectivity index (χ1n) is 46.6. The molecule has 17 nitrogen and oxygen atoms in total. The third-order valence-corrected chi connectivity index (χ3v) is 23.2. The van der Waals surface area contributed by atoms with Gasteiger partial charge in [-0.25, -0.2) is 9.13 Å². The molecule has 0 amide bonds. The molecule has 0 aliphatic heterocycles. The Balaban J connectivity index is 5.24. The summed E-state index contributed by atoms with van der Waals surface area (Å²) in [6.45, 7) is 7.37. The first kappa shape index (κ1) is 107. The van der Waals surface area contributed by atoms with Crippen molar-refractivity contribution in [3.05, 3.63) is 0 Å². The van der Waals surface area contributed by atoms with E-state index in [-0.39, 0.29) is 25.7 Å². The molecule has 0 spiro atoms. The summed E-state index contributed by atoms with van der Waals surface area (Å²) in [4.78, 5) is 73.4. The number of rotatable bonds is 90. The highest BCUT2D eigenvalue weighted by Gasteiger charge is 2.31. The van der Waals surface area contributed by atoms with Crippen LogP contribution in [0.25, 0.3) is 0 Å². The Morgan fingerprint density at radius 3 is 0.624 bits per heavy atom. The standard InChI is InChI=1S/C90H176O17P2/c1-6-9-12-15-18-21-24-27-30-33-35-36-37-39-41-44-47-50-55-61-66-71-76-89(94)106-85(79-100-87(92)73-68-63-58-53-48-45-43-40-38-34-31-28-25-22-19-16-13-10-7-2)81-104-108(96,97)102-77-84(91)78-103-109(98,99)105-82-86(80-101-88(93)74-69-64-59-56-51-52-57-62-67-72-83(4)5)107-90(95)75-70-65-60-54-49-46-42-32-29-26-23-20-17-14-11-8-3/h83-86,91H,6-82H2,1-5H3,(H,96,97)(H,98,99)/t84-,85-,86-/m1/s1. The maximum absolute atomic E-state index is 13.2. The summed E-state index contributed by atoms with van der Waals surface area (Å²) < 4.78 is 69.0. The number of ether oxygens (including phenoxy) is 4. The van der Waals surface area contributed by atoms with Crippen LogP contribution in [0, 0.1) is 5.92 Å². The summed E-state index contributed by atoms with van der Waals surface area (Å²) in [7, 11) is -9.93. The summed E-state index contributed by atoms with van der Waals surface area (Å²) in [5.41, 5.74) is 0. The van der Waals surface area contributed by atoms with Crippen LogP contribution in [-0.2, 0) is 65.4 Å². The fourth-order valence-corrected chi connectivity index (χ4v) is 15.8. The van der Waals surface area contributed by atoms with Crippen molar-refractivity contribution >= 4 is 39.5 Å². The van der Waals surface area contributed by atoms with E-state index in [1.54, 1.807) is 0 Å². The molecule has 0 radical (unpaired) electrons. The Morgan fingerprint density at radius 2 is 0.422 bits per heavy atom. The SMILES string of the molecule is CCCCCCCCCCCCCCCCCCCCCCCCC(=O)O[C@H](COC(=O)CCCCCCCCCCCCCCCCCCCCC)COP(=O)(O)OC[C@@H](O)COP(=O)(O)OC[C@@H](COC(=O)CCCCCCCCCCCC(C)C)OC(=O)CCCCCCCCCCCCCCCCCC. The predicted octanol–water partition coefficient (Wildman–Crippen LogP) is 27.9. The second kappa shape index (κ2) is 82.6. The monoisotopic (exact) mass is 1590 g/mol. The summed E-state index contributed by atoms with van der Waals surface area (Å²) in [5, 5.41) is 10.7. The zero-order chi connectivity index (χ0) is 79.7. The van der Waals surface area contributed by atoms with Gasteiger partial charge in [0.05, 0.1) is 26.4 Å². The molecule has 0 saturated carbocycles. The molecule has 0 aliphatic carbocycles. The van der Waals surface area contributed by atoms with Gasteiger partial charge in [-0.05, 0) is 31.6 Å². The van der Waals surface area contributed by atoms with Gasteiger partial charge in [0.1, 0.15) is 19.3 Å². The topological polar surface area (TPSA) is 237 Å². The minimum Gasteiger partial charge on any atom is -0.462 e. The van der Waals surface area contributed by atoms with Gasteiger partial charge in [0.2, 0.25) is 0 Å². The van der Waals surface area contributed by atoms with Crippen molar-refractivity contribution in [2.45, 2.75) is 509 Å². The van der Waals surface area contributed by atoms with E-state index >= 15 is 0 Å². The average Bonchev–Trinajstić information content (AvgIpc) is 0.900. The van der Waals surface area contributed by atoms with Gasteiger partial charge in [-0.2, -0.15) is 0 Å². The summed E-state index contributed by atoms with van der Waals surface area (Å²) in [5.74, 6) is -1.35. The molecule has 0 fully saturated rings. The lowest BCUT2D eigenvalue weighted by Crippen LogP contribution is -2.30. The molecule has 0 aromatic heterocycles. The van der Waals surface area contributed by atoms with E-state index in [0.717, 1.165) is 95.8 Å². The number of aliphatic hydroxyl groups is 1. The van der Waals surface area contributed by atoms with Crippen LogP contribution < -0.4 is 0 Å². The van der Waals surface area contributed by atoms with Gasteiger partial charge in [-0.1, -0.05) is 439 Å². The van der Waals surface area contributed by atoms with Crippen molar-refractivity contribution in [2.75, 3.05) is 39.6 Å². The molecular weight excluding hydrogens is 1410 g/mol. The van der Waals surface area contributed by atoms with Crippen molar-refractivity contribution in [2.24, 2.45) is 5.92 Å². The number of esters is 4. The molecule has 0 saturated heterocycles. The minimum absolute atomic E-state index is 0.109. The fourth-order valence-electron chi connectivity index (χ4n) is 14.2. The van der Waals surface area contributed by atoms with Crippen molar-refractivity contribution in [3.8, 4) is 0 Å². The average molecular weight is 1590 g/mol. The lowest BCUT2D eigenvalue weighted by molar-refractivity contribution is -0.161. The molecule has 0 rings (SSSR count). The Hall–Kier alpha value is -1.94. The number of hydrogen-bond acceptors (Lipinski definition) is 15. The molecular formula is C90H176O17P2. The Kier molecular flexibility index (Phi) is 81.1. The van der Waals surface area contributed by atoms with Crippen molar-refractivity contribution < 1.29 is 80.2 Å². The molecule has 3 N–H and O–H groups in total. The van der Waals surface area contributed by atoms with Gasteiger partial charge in [0.15, 0.2) is 12.2 Å². The highest BCUT2D eigenvalue weighted by Crippen LogP contribution is 2.45. The van der Waals surface area contributed by atoms with E-state index in [4.69, 9.17) is 37.0 Å². The molecule has 2 unspecified atom stereocenters. The molecule has 0 aliphatic rings. The first-order valence-corrected chi connectivity index (χ1v) is 49.6. The van der Waals surface area contributed by atoms with Crippen LogP contribution in [0.15, 0.2) is 0 Å². The van der Waals surface area contributed by atoms with Gasteiger partial charge in [0.25, 0.3) is 0 Å². The molecule has 109 heavy (non-hydrogen) atoms. The third kappa shape index (κ3) is 83.8. The number of carbonyl (C=O) groups excluding carboxylic acids is 4. The van der Waals surface area contributed by atoms with E-state index in [1.165, 1.54) is 315 Å². The van der Waals surface area contributed by atoms with Crippen LogP contribution in [0.1, 0.15) is 490 Å². The van der Waals surface area contributed by atoms with E-state index in [9.17, 15) is 43.2 Å². The quantitative estimate of drug-likeness (QED) is 0.0222. The second-order valence-electron chi connectivity index (χ2n) is 32.8. The van der Waals surface area contributed by atoms with E-state index in [2.05, 4.69) is 34.6 Å². The number of unbranched alkanes of at least 4 members (excludes halogenated alkanes) is 62. The van der Waals surface area contributed by atoms with E-state index < -0.39 is 97.5 Å². The molecule has 0 aromatic carbocycles. The zero-order valence-corrected chi connectivity index (χ0v) is 73.5. The van der Waals surface area contributed by atoms with Crippen molar-refractivity contribution in [3.63, 3.8) is 0 Å². The summed E-state index contributed by atoms with van der Waals surface area (Å²) in [6, 6.07) is 0. The molecule has 648 valence electrons. The van der Waals surface area contributed by atoms with Crippen LogP contribution in [0.5, 0.6) is 0 Å². The van der Waals surface area contributed by atoms with E-state index in [1.807, 2.05) is 0 Å². The highest BCUT2D eigenvalue weighted by molar-refractivity contribution is 7.47. The van der Waals surface area contributed by atoms with Crippen LogP contribution in [0.3, 0.4) is 0 Å². The van der Waals surface area contributed by atoms with Crippen LogP contribution >= 0.6 is 15.6 Å². The Labute approximate surface area is 670 Å². The fraction of sp³-hybridized carbons (Fsp3) is 0.956. The summed E-state index contributed by atoms with van der Waals surface area (Å²) in [6.07, 6.45) is 77.9. The van der Waals surface area contributed by atoms with Crippen molar-refractivity contribution in [1.82, 2.24) is 0 Å². The minimum atomic E-state index is -4.97. The first-order chi connectivity index (χ1) is 53.0. The zero-order valence-electron chi connectivity index (χ0n) is 71.7.